The number of para-hydroxylation sites is 1. The van der Waals surface area contributed by atoms with Crippen molar-refractivity contribution in [1.29, 1.82) is 0 Å². The Morgan fingerprint density at radius 3 is 2.77 bits per heavy atom. The predicted octanol–water partition coefficient (Wildman–Crippen LogP) is 2.09. The van der Waals surface area contributed by atoms with Crippen molar-refractivity contribution in [2.75, 3.05) is 57.1 Å². The van der Waals surface area contributed by atoms with Crippen LogP contribution in [0.15, 0.2) is 42.6 Å². The summed E-state index contributed by atoms with van der Waals surface area (Å²) in [5.74, 6) is 0.786. The van der Waals surface area contributed by atoms with Crippen LogP contribution in [0.4, 0.5) is 11.5 Å². The Labute approximate surface area is 153 Å². The molecule has 1 saturated heterocycles. The highest BCUT2D eigenvalue weighted by Gasteiger charge is 2.12. The third-order valence-corrected chi connectivity index (χ3v) is 4.22. The van der Waals surface area contributed by atoms with Gasteiger partial charge in [-0.15, -0.1) is 0 Å². The lowest BCUT2D eigenvalue weighted by Gasteiger charge is -2.26. The summed E-state index contributed by atoms with van der Waals surface area (Å²) < 4.78 is 10.6. The Kier molecular flexibility index (Phi) is 6.40. The second-order valence-electron chi connectivity index (χ2n) is 5.97. The number of carbonyl (C=O) groups is 1. The minimum Gasteiger partial charge on any atom is -0.496 e. The highest BCUT2D eigenvalue weighted by Crippen LogP contribution is 2.19. The van der Waals surface area contributed by atoms with E-state index in [1.807, 2.05) is 12.1 Å². The molecule has 138 valence electrons. The Bertz CT molecular complexity index is 715. The van der Waals surface area contributed by atoms with Crippen LogP contribution in [0.1, 0.15) is 10.4 Å². The summed E-state index contributed by atoms with van der Waals surface area (Å²) in [6, 6.07) is 10.8. The number of carbonyl (C=O) groups excluding carboxylic acids is 1. The fourth-order valence-electron chi connectivity index (χ4n) is 2.77. The number of amides is 1. The molecule has 0 atom stereocenters. The zero-order chi connectivity index (χ0) is 18.2. The fourth-order valence-corrected chi connectivity index (χ4v) is 2.77. The molecule has 3 rings (SSSR count). The average Bonchev–Trinajstić information content (AvgIpc) is 2.70. The van der Waals surface area contributed by atoms with E-state index >= 15 is 0 Å². The van der Waals surface area contributed by atoms with Gasteiger partial charge in [-0.05, 0) is 24.3 Å². The molecule has 1 amide bonds. The number of hydrogen-bond donors (Lipinski definition) is 2. The Balaban J connectivity index is 1.50. The number of hydrogen-bond acceptors (Lipinski definition) is 6. The molecular formula is C19H24N4O3. The summed E-state index contributed by atoms with van der Waals surface area (Å²) in [7, 11) is 1.54. The molecule has 7 nitrogen and oxygen atoms in total. The Morgan fingerprint density at radius 1 is 1.23 bits per heavy atom. The van der Waals surface area contributed by atoms with Crippen molar-refractivity contribution in [1.82, 2.24) is 9.88 Å². The van der Waals surface area contributed by atoms with E-state index in [1.165, 1.54) is 0 Å². The van der Waals surface area contributed by atoms with E-state index in [9.17, 15) is 4.79 Å². The molecule has 1 fully saturated rings. The maximum Gasteiger partial charge on any atom is 0.260 e. The van der Waals surface area contributed by atoms with Crippen molar-refractivity contribution in [2.24, 2.45) is 0 Å². The van der Waals surface area contributed by atoms with Gasteiger partial charge in [0, 0.05) is 26.2 Å². The van der Waals surface area contributed by atoms with Crippen LogP contribution in [-0.4, -0.2) is 62.3 Å². The molecule has 2 N–H and O–H groups in total. The molecule has 1 aliphatic heterocycles. The summed E-state index contributed by atoms with van der Waals surface area (Å²) in [6.07, 6.45) is 1.72. The SMILES string of the molecule is COc1ccccc1C(=O)Nc1ccc(NCCN2CCOCC2)cn1. The molecule has 1 aliphatic rings. The van der Waals surface area contributed by atoms with Crippen LogP contribution in [0.5, 0.6) is 5.75 Å². The largest absolute Gasteiger partial charge is 0.496 e. The molecule has 0 unspecified atom stereocenters. The molecule has 0 spiro atoms. The van der Waals surface area contributed by atoms with Gasteiger partial charge in [-0.1, -0.05) is 12.1 Å². The third-order valence-electron chi connectivity index (χ3n) is 4.22. The van der Waals surface area contributed by atoms with Gasteiger partial charge >= 0.3 is 0 Å². The maximum absolute atomic E-state index is 12.4. The van der Waals surface area contributed by atoms with Gasteiger partial charge in [-0.2, -0.15) is 0 Å². The second kappa shape index (κ2) is 9.17. The lowest BCUT2D eigenvalue weighted by molar-refractivity contribution is 0.0398. The van der Waals surface area contributed by atoms with E-state index in [2.05, 4.69) is 20.5 Å². The normalized spacial score (nSPS) is 14.7. The molecule has 0 aliphatic carbocycles. The molecule has 1 aromatic carbocycles. The van der Waals surface area contributed by atoms with Crippen LogP contribution in [0.25, 0.3) is 0 Å². The average molecular weight is 356 g/mol. The third kappa shape index (κ3) is 4.93. The lowest BCUT2D eigenvalue weighted by Crippen LogP contribution is -2.39. The Hall–Kier alpha value is -2.64. The van der Waals surface area contributed by atoms with Crippen molar-refractivity contribution >= 4 is 17.4 Å². The summed E-state index contributed by atoms with van der Waals surface area (Å²) in [5.41, 5.74) is 1.40. The lowest BCUT2D eigenvalue weighted by atomic mass is 10.2. The number of ether oxygens (including phenoxy) is 2. The van der Waals surface area contributed by atoms with E-state index in [1.54, 1.807) is 37.6 Å². The number of methoxy groups -OCH3 is 1. The Morgan fingerprint density at radius 2 is 2.04 bits per heavy atom. The number of aromatic nitrogens is 1. The van der Waals surface area contributed by atoms with E-state index in [0.717, 1.165) is 45.1 Å². The van der Waals surface area contributed by atoms with Gasteiger partial charge in [-0.3, -0.25) is 9.69 Å². The first-order valence-corrected chi connectivity index (χ1v) is 8.70. The minimum atomic E-state index is -0.247. The van der Waals surface area contributed by atoms with Gasteiger partial charge < -0.3 is 20.1 Å². The molecule has 2 heterocycles. The number of pyridine rings is 1. The van der Waals surface area contributed by atoms with Crippen LogP contribution in [0, 0.1) is 0 Å². The van der Waals surface area contributed by atoms with Crippen LogP contribution in [0.3, 0.4) is 0 Å². The van der Waals surface area contributed by atoms with Gasteiger partial charge in [0.2, 0.25) is 0 Å². The number of anilines is 2. The molecule has 7 heteroatoms. The van der Waals surface area contributed by atoms with Gasteiger partial charge in [0.1, 0.15) is 11.6 Å². The van der Waals surface area contributed by atoms with Gasteiger partial charge in [0.15, 0.2) is 0 Å². The van der Waals surface area contributed by atoms with E-state index in [0.29, 0.717) is 17.1 Å². The van der Waals surface area contributed by atoms with Crippen molar-refractivity contribution in [3.8, 4) is 5.75 Å². The summed E-state index contributed by atoms with van der Waals surface area (Å²) in [5, 5.41) is 6.13. The zero-order valence-electron chi connectivity index (χ0n) is 14.9. The smallest absolute Gasteiger partial charge is 0.260 e. The molecule has 26 heavy (non-hydrogen) atoms. The van der Waals surface area contributed by atoms with Crippen molar-refractivity contribution in [3.05, 3.63) is 48.2 Å². The van der Waals surface area contributed by atoms with E-state index in [4.69, 9.17) is 9.47 Å². The fraction of sp³-hybridized carbons (Fsp3) is 0.368. The van der Waals surface area contributed by atoms with E-state index in [-0.39, 0.29) is 5.91 Å². The molecule has 2 aromatic rings. The maximum atomic E-state index is 12.4. The van der Waals surface area contributed by atoms with Crippen molar-refractivity contribution in [2.45, 2.75) is 0 Å². The van der Waals surface area contributed by atoms with Crippen LogP contribution in [0.2, 0.25) is 0 Å². The van der Waals surface area contributed by atoms with Gasteiger partial charge in [-0.25, -0.2) is 4.98 Å². The first-order chi connectivity index (χ1) is 12.8. The topological polar surface area (TPSA) is 75.7 Å². The van der Waals surface area contributed by atoms with Crippen LogP contribution in [-0.2, 0) is 4.74 Å². The number of benzene rings is 1. The van der Waals surface area contributed by atoms with Gasteiger partial charge in [0.25, 0.3) is 5.91 Å². The minimum absolute atomic E-state index is 0.247. The number of rotatable bonds is 7. The standard InChI is InChI=1S/C19H24N4O3/c1-25-17-5-3-2-4-16(17)19(24)22-18-7-6-15(14-21-18)20-8-9-23-10-12-26-13-11-23/h2-7,14,20H,8-13H2,1H3,(H,21,22,24). The monoisotopic (exact) mass is 356 g/mol. The summed E-state index contributed by atoms with van der Waals surface area (Å²) in [6.45, 7) is 5.39. The van der Waals surface area contributed by atoms with Crippen molar-refractivity contribution < 1.29 is 14.3 Å². The zero-order valence-corrected chi connectivity index (χ0v) is 14.9. The number of nitrogens with zero attached hydrogens (tertiary/aromatic N) is 2. The summed E-state index contributed by atoms with van der Waals surface area (Å²) >= 11 is 0. The predicted molar refractivity (Wildman–Crippen MR) is 101 cm³/mol. The van der Waals surface area contributed by atoms with Gasteiger partial charge in [0.05, 0.1) is 37.8 Å². The number of morpholine rings is 1. The quantitative estimate of drug-likeness (QED) is 0.791. The highest BCUT2D eigenvalue weighted by molar-refractivity contribution is 6.05. The van der Waals surface area contributed by atoms with Crippen molar-refractivity contribution in [3.63, 3.8) is 0 Å². The molecule has 0 saturated carbocycles. The molecule has 0 radical (unpaired) electrons. The molecule has 0 bridgehead atoms. The first kappa shape index (κ1) is 18.2. The van der Waals surface area contributed by atoms with E-state index < -0.39 is 0 Å². The molecule has 1 aromatic heterocycles. The highest BCUT2D eigenvalue weighted by atomic mass is 16.5. The first-order valence-electron chi connectivity index (χ1n) is 8.70. The van der Waals surface area contributed by atoms with Crippen LogP contribution < -0.4 is 15.4 Å². The summed E-state index contributed by atoms with van der Waals surface area (Å²) in [4.78, 5) is 19.0. The number of nitrogens with one attached hydrogen (secondary N) is 2. The second-order valence-corrected chi connectivity index (χ2v) is 5.97. The van der Waals surface area contributed by atoms with Crippen LogP contribution >= 0.6 is 0 Å². The molecular weight excluding hydrogens is 332 g/mol.